The summed E-state index contributed by atoms with van der Waals surface area (Å²) in [7, 11) is 1.64. The minimum atomic E-state index is 0.376. The van der Waals surface area contributed by atoms with Gasteiger partial charge in [-0.15, -0.1) is 11.3 Å². The van der Waals surface area contributed by atoms with Crippen molar-refractivity contribution in [3.8, 4) is 23.1 Å². The molecule has 2 aromatic rings. The highest BCUT2D eigenvalue weighted by molar-refractivity contribution is 7.10. The largest absolute Gasteiger partial charge is 0.497 e. The maximum Gasteiger partial charge on any atom is 0.118 e. The van der Waals surface area contributed by atoms with Crippen LogP contribution in [0.1, 0.15) is 5.01 Å². The molecule has 0 bridgehead atoms. The highest BCUT2D eigenvalue weighted by Crippen LogP contribution is 2.24. The lowest BCUT2D eigenvalue weighted by Crippen LogP contribution is -1.84. The van der Waals surface area contributed by atoms with Gasteiger partial charge in [-0.3, -0.25) is 0 Å². The summed E-state index contributed by atoms with van der Waals surface area (Å²) in [6, 6.07) is 9.82. The second kappa shape index (κ2) is 4.77. The summed E-state index contributed by atoms with van der Waals surface area (Å²) in [5.74, 6) is 0.830. The first-order valence-corrected chi connectivity index (χ1v) is 5.67. The van der Waals surface area contributed by atoms with Crippen LogP contribution in [0.4, 0.5) is 0 Å². The van der Waals surface area contributed by atoms with Gasteiger partial charge in [0.1, 0.15) is 10.8 Å². The van der Waals surface area contributed by atoms with E-state index in [1.54, 1.807) is 7.11 Å². The molecule has 0 unspecified atom stereocenters. The number of hydrogen-bond donors (Lipinski definition) is 0. The summed E-state index contributed by atoms with van der Waals surface area (Å²) >= 11 is 1.51. The fraction of sp³-hybridized carbons (Fsp3) is 0.167. The van der Waals surface area contributed by atoms with Gasteiger partial charge in [0.15, 0.2) is 0 Å². The van der Waals surface area contributed by atoms with Gasteiger partial charge in [-0.25, -0.2) is 4.98 Å². The summed E-state index contributed by atoms with van der Waals surface area (Å²) in [5, 5.41) is 11.4. The van der Waals surface area contributed by atoms with Crippen LogP contribution in [0.2, 0.25) is 0 Å². The minimum Gasteiger partial charge on any atom is -0.497 e. The molecule has 4 heteroatoms. The number of thiazole rings is 1. The Morgan fingerprint density at radius 2 is 2.12 bits per heavy atom. The van der Waals surface area contributed by atoms with E-state index in [0.29, 0.717) is 6.42 Å². The number of aromatic nitrogens is 1. The lowest BCUT2D eigenvalue weighted by molar-refractivity contribution is 0.415. The molecule has 0 aliphatic heterocycles. The Hall–Kier alpha value is -1.86. The average molecular weight is 230 g/mol. The van der Waals surface area contributed by atoms with Crippen molar-refractivity contribution in [2.75, 3.05) is 7.11 Å². The van der Waals surface area contributed by atoms with Crippen LogP contribution in [0.25, 0.3) is 11.3 Å². The fourth-order valence-electron chi connectivity index (χ4n) is 1.35. The Kier molecular flexibility index (Phi) is 3.18. The quantitative estimate of drug-likeness (QED) is 0.814. The number of methoxy groups -OCH3 is 1. The molecule has 0 atom stereocenters. The summed E-state index contributed by atoms with van der Waals surface area (Å²) < 4.78 is 5.09. The molecule has 0 spiro atoms. The van der Waals surface area contributed by atoms with Crippen molar-refractivity contribution in [1.82, 2.24) is 4.98 Å². The number of benzene rings is 1. The fourth-order valence-corrected chi connectivity index (χ4v) is 2.09. The molecule has 0 radical (unpaired) electrons. The molecule has 0 saturated carbocycles. The smallest absolute Gasteiger partial charge is 0.118 e. The molecule has 1 aromatic carbocycles. The zero-order valence-electron chi connectivity index (χ0n) is 8.80. The third-order valence-electron chi connectivity index (χ3n) is 2.17. The van der Waals surface area contributed by atoms with Crippen molar-refractivity contribution >= 4 is 11.3 Å². The van der Waals surface area contributed by atoms with E-state index in [9.17, 15) is 0 Å². The van der Waals surface area contributed by atoms with Crippen LogP contribution in [0.3, 0.4) is 0 Å². The molecule has 3 nitrogen and oxygen atoms in total. The van der Waals surface area contributed by atoms with E-state index >= 15 is 0 Å². The predicted octanol–water partition coefficient (Wildman–Crippen LogP) is 2.88. The molecule has 0 saturated heterocycles. The lowest BCUT2D eigenvalue weighted by atomic mass is 10.2. The molecule has 0 fully saturated rings. The van der Waals surface area contributed by atoms with Crippen molar-refractivity contribution in [1.29, 1.82) is 5.26 Å². The van der Waals surface area contributed by atoms with E-state index in [-0.39, 0.29) is 0 Å². The third-order valence-corrected chi connectivity index (χ3v) is 3.02. The second-order valence-corrected chi connectivity index (χ2v) is 4.13. The highest BCUT2D eigenvalue weighted by atomic mass is 32.1. The van der Waals surface area contributed by atoms with Gasteiger partial charge in [0.25, 0.3) is 0 Å². The highest BCUT2D eigenvalue weighted by Gasteiger charge is 2.04. The Morgan fingerprint density at radius 1 is 1.38 bits per heavy atom. The summed E-state index contributed by atoms with van der Waals surface area (Å²) in [4.78, 5) is 4.38. The van der Waals surface area contributed by atoms with E-state index in [1.165, 1.54) is 11.3 Å². The van der Waals surface area contributed by atoms with Crippen LogP contribution in [0.15, 0.2) is 29.6 Å². The topological polar surface area (TPSA) is 45.9 Å². The van der Waals surface area contributed by atoms with Crippen LogP contribution in [0, 0.1) is 11.3 Å². The van der Waals surface area contributed by atoms with Gasteiger partial charge >= 0.3 is 0 Å². The maximum absolute atomic E-state index is 8.57. The number of rotatable bonds is 3. The van der Waals surface area contributed by atoms with E-state index in [0.717, 1.165) is 22.0 Å². The van der Waals surface area contributed by atoms with E-state index in [1.807, 2.05) is 29.6 Å². The van der Waals surface area contributed by atoms with Crippen molar-refractivity contribution in [3.63, 3.8) is 0 Å². The third kappa shape index (κ3) is 2.20. The second-order valence-electron chi connectivity index (χ2n) is 3.19. The molecule has 2 rings (SSSR count). The van der Waals surface area contributed by atoms with Crippen molar-refractivity contribution < 1.29 is 4.74 Å². The molecule has 1 heterocycles. The van der Waals surface area contributed by atoms with Crippen LogP contribution >= 0.6 is 11.3 Å². The van der Waals surface area contributed by atoms with Crippen molar-refractivity contribution in [3.05, 3.63) is 34.7 Å². The normalized spacial score (nSPS) is 9.75. The van der Waals surface area contributed by atoms with E-state index < -0.39 is 0 Å². The van der Waals surface area contributed by atoms with Gasteiger partial charge in [-0.1, -0.05) is 0 Å². The van der Waals surface area contributed by atoms with Gasteiger partial charge in [-0.2, -0.15) is 5.26 Å². The molecule has 1 aromatic heterocycles. The van der Waals surface area contributed by atoms with Gasteiger partial charge in [0.2, 0.25) is 0 Å². The maximum atomic E-state index is 8.57. The molecule has 0 N–H and O–H groups in total. The molecular weight excluding hydrogens is 220 g/mol. The van der Waals surface area contributed by atoms with E-state index in [4.69, 9.17) is 10.00 Å². The SMILES string of the molecule is COc1ccc(-c2csc(CC#N)n2)cc1. The van der Waals surface area contributed by atoms with Gasteiger partial charge in [0, 0.05) is 10.9 Å². The summed E-state index contributed by atoms with van der Waals surface area (Å²) in [6.45, 7) is 0. The minimum absolute atomic E-state index is 0.376. The Morgan fingerprint density at radius 3 is 2.75 bits per heavy atom. The molecule has 0 amide bonds. The van der Waals surface area contributed by atoms with Gasteiger partial charge < -0.3 is 4.74 Å². The first-order valence-electron chi connectivity index (χ1n) is 4.79. The van der Waals surface area contributed by atoms with Crippen LogP contribution < -0.4 is 4.74 Å². The van der Waals surface area contributed by atoms with Gasteiger partial charge in [-0.05, 0) is 24.3 Å². The first-order chi connectivity index (χ1) is 7.83. The standard InChI is InChI=1S/C12H10N2OS/c1-15-10-4-2-9(3-5-10)11-8-16-12(14-11)6-7-13/h2-5,8H,6H2,1H3. The summed E-state index contributed by atoms with van der Waals surface area (Å²) in [5.41, 5.74) is 1.96. The van der Waals surface area contributed by atoms with Gasteiger partial charge in [0.05, 0.1) is 25.3 Å². The average Bonchev–Trinajstić information content (AvgIpc) is 2.78. The predicted molar refractivity (Wildman–Crippen MR) is 63.4 cm³/mol. The summed E-state index contributed by atoms with van der Waals surface area (Å²) in [6.07, 6.45) is 0.376. The monoisotopic (exact) mass is 230 g/mol. The number of ether oxygens (including phenoxy) is 1. The molecule has 0 aliphatic rings. The molecule has 0 aliphatic carbocycles. The molecular formula is C12H10N2OS. The Bertz CT molecular complexity index is 511. The number of nitrogens with zero attached hydrogens (tertiary/aromatic N) is 2. The number of hydrogen-bond acceptors (Lipinski definition) is 4. The zero-order chi connectivity index (χ0) is 11.4. The lowest BCUT2D eigenvalue weighted by Gasteiger charge is -2.00. The van der Waals surface area contributed by atoms with Crippen LogP contribution in [0.5, 0.6) is 5.75 Å². The van der Waals surface area contributed by atoms with Crippen molar-refractivity contribution in [2.24, 2.45) is 0 Å². The van der Waals surface area contributed by atoms with Crippen LogP contribution in [-0.2, 0) is 6.42 Å². The van der Waals surface area contributed by atoms with Crippen molar-refractivity contribution in [2.45, 2.75) is 6.42 Å². The molecule has 16 heavy (non-hydrogen) atoms. The zero-order valence-corrected chi connectivity index (χ0v) is 9.62. The number of nitriles is 1. The molecule has 80 valence electrons. The van der Waals surface area contributed by atoms with Crippen LogP contribution in [-0.4, -0.2) is 12.1 Å². The first kappa shape index (κ1) is 10.7. The Labute approximate surface area is 97.9 Å². The van der Waals surface area contributed by atoms with E-state index in [2.05, 4.69) is 11.1 Å². The Balaban J connectivity index is 2.25.